The van der Waals surface area contributed by atoms with Crippen LogP contribution in [-0.2, 0) is 12.8 Å². The van der Waals surface area contributed by atoms with Crippen molar-refractivity contribution >= 4 is 27.5 Å². The third-order valence-corrected chi connectivity index (χ3v) is 6.00. The molecule has 0 radical (unpaired) electrons. The Hall–Kier alpha value is -1.69. The number of hydrogen-bond acceptors (Lipinski definition) is 4. The van der Waals surface area contributed by atoms with Crippen LogP contribution in [0.15, 0.2) is 4.79 Å². The van der Waals surface area contributed by atoms with E-state index in [2.05, 4.69) is 15.3 Å². The molecule has 4 rings (SSSR count). The summed E-state index contributed by atoms with van der Waals surface area (Å²) in [5.74, 6) is 0.458. The Morgan fingerprint density at radius 2 is 2.09 bits per heavy atom. The van der Waals surface area contributed by atoms with E-state index in [0.717, 1.165) is 24.8 Å². The number of nitrogens with one attached hydrogen (secondary N) is 2. The topological polar surface area (TPSA) is 74.8 Å². The van der Waals surface area contributed by atoms with Crippen LogP contribution in [0, 0.1) is 5.92 Å². The number of nitrogens with zero attached hydrogens (tertiary/aromatic N) is 1. The van der Waals surface area contributed by atoms with Gasteiger partial charge in [0.25, 0.3) is 11.5 Å². The molecule has 116 valence electrons. The van der Waals surface area contributed by atoms with Gasteiger partial charge in [-0.05, 0) is 43.6 Å². The molecule has 0 saturated heterocycles. The first kappa shape index (κ1) is 13.9. The Labute approximate surface area is 132 Å². The SMILES string of the molecule is O=C(NCC1CCCC1)c1nc2sc3c(c2c(=O)[nH]1)CCC3. The van der Waals surface area contributed by atoms with Gasteiger partial charge in [-0.2, -0.15) is 0 Å². The fourth-order valence-corrected chi connectivity index (χ4v) is 4.91. The lowest BCUT2D eigenvalue weighted by molar-refractivity contribution is 0.0937. The van der Waals surface area contributed by atoms with Crippen molar-refractivity contribution in [3.05, 3.63) is 26.6 Å². The molecule has 22 heavy (non-hydrogen) atoms. The van der Waals surface area contributed by atoms with E-state index in [-0.39, 0.29) is 17.3 Å². The molecule has 2 heterocycles. The van der Waals surface area contributed by atoms with Crippen LogP contribution >= 0.6 is 11.3 Å². The molecule has 2 aliphatic carbocycles. The molecule has 1 amide bonds. The number of thiophene rings is 1. The zero-order chi connectivity index (χ0) is 15.1. The number of fused-ring (bicyclic) bond motifs is 3. The minimum atomic E-state index is -0.264. The van der Waals surface area contributed by atoms with Gasteiger partial charge < -0.3 is 10.3 Å². The quantitative estimate of drug-likeness (QED) is 0.913. The summed E-state index contributed by atoms with van der Waals surface area (Å²) in [4.78, 5) is 33.6. The van der Waals surface area contributed by atoms with E-state index in [4.69, 9.17) is 0 Å². The average molecular weight is 317 g/mol. The number of carbonyl (C=O) groups excluding carboxylic acids is 1. The van der Waals surface area contributed by atoms with Crippen LogP contribution in [0.1, 0.15) is 53.2 Å². The van der Waals surface area contributed by atoms with Crippen molar-refractivity contribution in [1.29, 1.82) is 0 Å². The Kier molecular flexibility index (Phi) is 3.48. The number of aromatic amines is 1. The van der Waals surface area contributed by atoms with E-state index in [0.29, 0.717) is 22.7 Å². The second-order valence-corrected chi connectivity index (χ2v) is 7.40. The van der Waals surface area contributed by atoms with Gasteiger partial charge in [0.2, 0.25) is 5.82 Å². The minimum Gasteiger partial charge on any atom is -0.349 e. The highest BCUT2D eigenvalue weighted by molar-refractivity contribution is 7.18. The summed E-state index contributed by atoms with van der Waals surface area (Å²) in [6, 6.07) is 0. The summed E-state index contributed by atoms with van der Waals surface area (Å²) in [7, 11) is 0. The lowest BCUT2D eigenvalue weighted by Crippen LogP contribution is -2.31. The van der Waals surface area contributed by atoms with E-state index in [9.17, 15) is 9.59 Å². The van der Waals surface area contributed by atoms with Crippen LogP contribution in [0.25, 0.3) is 10.2 Å². The van der Waals surface area contributed by atoms with E-state index in [1.165, 1.54) is 30.6 Å². The standard InChI is InChI=1S/C16H19N3O2S/c20-14-12-10-6-3-7-11(10)22-16(12)19-13(18-14)15(21)17-8-9-4-1-2-5-9/h9H,1-8H2,(H,17,21)(H,18,19,20). The van der Waals surface area contributed by atoms with E-state index in [1.54, 1.807) is 11.3 Å². The predicted molar refractivity (Wildman–Crippen MR) is 86.6 cm³/mol. The van der Waals surface area contributed by atoms with Crippen LogP contribution in [0.4, 0.5) is 0 Å². The lowest BCUT2D eigenvalue weighted by atomic mass is 10.1. The van der Waals surface area contributed by atoms with Crippen LogP contribution < -0.4 is 10.9 Å². The summed E-state index contributed by atoms with van der Waals surface area (Å²) < 4.78 is 0. The van der Waals surface area contributed by atoms with Gasteiger partial charge in [-0.1, -0.05) is 12.8 Å². The molecule has 2 aromatic heterocycles. The number of rotatable bonds is 3. The minimum absolute atomic E-state index is 0.149. The summed E-state index contributed by atoms with van der Waals surface area (Å²) in [5.41, 5.74) is 0.974. The van der Waals surface area contributed by atoms with Crippen LogP contribution in [0.2, 0.25) is 0 Å². The normalized spacial score (nSPS) is 18.0. The smallest absolute Gasteiger partial charge is 0.287 e. The summed E-state index contributed by atoms with van der Waals surface area (Å²) in [6.07, 6.45) is 7.96. The Morgan fingerprint density at radius 1 is 1.27 bits per heavy atom. The highest BCUT2D eigenvalue weighted by Crippen LogP contribution is 2.34. The third kappa shape index (κ3) is 2.35. The molecule has 2 aliphatic rings. The number of hydrogen-bond donors (Lipinski definition) is 2. The number of amides is 1. The van der Waals surface area contributed by atoms with Crippen molar-refractivity contribution in [3.63, 3.8) is 0 Å². The summed E-state index contributed by atoms with van der Waals surface area (Å²) >= 11 is 1.56. The van der Waals surface area contributed by atoms with E-state index >= 15 is 0 Å². The van der Waals surface area contributed by atoms with Gasteiger partial charge in [0.05, 0.1) is 5.39 Å². The number of aromatic nitrogens is 2. The molecule has 0 aliphatic heterocycles. The molecule has 0 spiro atoms. The molecule has 2 aromatic rings. The van der Waals surface area contributed by atoms with Crippen molar-refractivity contribution in [2.45, 2.75) is 44.9 Å². The molecule has 6 heteroatoms. The van der Waals surface area contributed by atoms with Gasteiger partial charge in [-0.15, -0.1) is 11.3 Å². The fourth-order valence-electron chi connectivity index (χ4n) is 3.65. The van der Waals surface area contributed by atoms with Gasteiger partial charge in [0, 0.05) is 11.4 Å². The molecule has 1 fully saturated rings. The maximum atomic E-state index is 12.3. The van der Waals surface area contributed by atoms with Gasteiger partial charge in [-0.25, -0.2) is 4.98 Å². The van der Waals surface area contributed by atoms with Crippen LogP contribution in [-0.4, -0.2) is 22.4 Å². The largest absolute Gasteiger partial charge is 0.349 e. The predicted octanol–water partition coefficient (Wildman–Crippen LogP) is 2.39. The maximum absolute atomic E-state index is 12.3. The second-order valence-electron chi connectivity index (χ2n) is 6.31. The first-order chi connectivity index (χ1) is 10.7. The molecule has 2 N–H and O–H groups in total. The summed E-state index contributed by atoms with van der Waals surface area (Å²) in [5, 5.41) is 3.61. The van der Waals surface area contributed by atoms with E-state index < -0.39 is 0 Å². The number of H-pyrrole nitrogens is 1. The molecule has 0 unspecified atom stereocenters. The van der Waals surface area contributed by atoms with Gasteiger partial charge >= 0.3 is 0 Å². The van der Waals surface area contributed by atoms with Gasteiger partial charge in [0.15, 0.2) is 0 Å². The van der Waals surface area contributed by atoms with Crippen molar-refractivity contribution in [2.24, 2.45) is 5.92 Å². The molecule has 0 aromatic carbocycles. The van der Waals surface area contributed by atoms with Crippen molar-refractivity contribution < 1.29 is 4.79 Å². The monoisotopic (exact) mass is 317 g/mol. The van der Waals surface area contributed by atoms with Crippen molar-refractivity contribution in [1.82, 2.24) is 15.3 Å². The Bertz CT molecular complexity index is 787. The highest BCUT2D eigenvalue weighted by Gasteiger charge is 2.23. The average Bonchev–Trinajstić information content (AvgIpc) is 3.20. The zero-order valence-corrected chi connectivity index (χ0v) is 13.2. The van der Waals surface area contributed by atoms with Gasteiger partial charge in [-0.3, -0.25) is 9.59 Å². The van der Waals surface area contributed by atoms with Crippen LogP contribution in [0.5, 0.6) is 0 Å². The molecule has 5 nitrogen and oxygen atoms in total. The van der Waals surface area contributed by atoms with Crippen LogP contribution in [0.3, 0.4) is 0 Å². The Morgan fingerprint density at radius 3 is 2.91 bits per heavy atom. The number of aryl methyl sites for hydroxylation is 2. The Balaban J connectivity index is 1.59. The molecular weight excluding hydrogens is 298 g/mol. The first-order valence-electron chi connectivity index (χ1n) is 8.05. The maximum Gasteiger partial charge on any atom is 0.287 e. The van der Waals surface area contributed by atoms with Crippen molar-refractivity contribution in [3.8, 4) is 0 Å². The summed E-state index contributed by atoms with van der Waals surface area (Å²) in [6.45, 7) is 0.682. The van der Waals surface area contributed by atoms with Crippen molar-refractivity contribution in [2.75, 3.05) is 6.54 Å². The lowest BCUT2D eigenvalue weighted by Gasteiger charge is -2.09. The molecular formula is C16H19N3O2S. The second kappa shape index (κ2) is 5.50. The zero-order valence-electron chi connectivity index (χ0n) is 12.4. The molecule has 0 bridgehead atoms. The highest BCUT2D eigenvalue weighted by atomic mass is 32.1. The first-order valence-corrected chi connectivity index (χ1v) is 8.87. The molecule has 0 atom stereocenters. The van der Waals surface area contributed by atoms with E-state index in [1.807, 2.05) is 0 Å². The fraction of sp³-hybridized carbons (Fsp3) is 0.562. The number of carbonyl (C=O) groups is 1. The third-order valence-electron chi connectivity index (χ3n) is 4.82. The molecule has 1 saturated carbocycles. The van der Waals surface area contributed by atoms with Gasteiger partial charge in [0.1, 0.15) is 4.83 Å².